The largest absolute Gasteiger partial charge is 0.358 e. The summed E-state index contributed by atoms with van der Waals surface area (Å²) in [5, 5.41) is 9.19. The predicted molar refractivity (Wildman–Crippen MR) is 89.1 cm³/mol. The van der Waals surface area contributed by atoms with E-state index in [4.69, 9.17) is 0 Å². The van der Waals surface area contributed by atoms with E-state index in [1.54, 1.807) is 29.2 Å². The highest BCUT2D eigenvalue weighted by Gasteiger charge is 2.40. The zero-order chi connectivity index (χ0) is 16.7. The Morgan fingerprint density at radius 3 is 2.71 bits per heavy atom. The van der Waals surface area contributed by atoms with Crippen molar-refractivity contribution in [3.05, 3.63) is 59.4 Å². The van der Waals surface area contributed by atoms with Gasteiger partial charge in [-0.05, 0) is 48.7 Å². The van der Waals surface area contributed by atoms with Gasteiger partial charge in [-0.2, -0.15) is 5.26 Å². The fourth-order valence-corrected chi connectivity index (χ4v) is 3.60. The molecule has 2 aliphatic rings. The summed E-state index contributed by atoms with van der Waals surface area (Å²) in [5.41, 5.74) is 3.16. The molecule has 0 aromatic heterocycles. The molecule has 0 bridgehead atoms. The maximum Gasteiger partial charge on any atom is 0.250 e. The third-order valence-corrected chi connectivity index (χ3v) is 4.76. The summed E-state index contributed by atoms with van der Waals surface area (Å²) in [7, 11) is 0. The first kappa shape index (κ1) is 14.7. The van der Waals surface area contributed by atoms with E-state index in [-0.39, 0.29) is 17.8 Å². The van der Waals surface area contributed by atoms with Gasteiger partial charge in [0.15, 0.2) is 0 Å². The monoisotopic (exact) mass is 321 g/mol. The van der Waals surface area contributed by atoms with Crippen molar-refractivity contribution in [2.45, 2.75) is 25.4 Å². The Hall–Kier alpha value is -2.87. The topological polar surface area (TPSA) is 47.3 Å². The molecule has 0 N–H and O–H groups in total. The van der Waals surface area contributed by atoms with Gasteiger partial charge in [-0.3, -0.25) is 4.79 Å². The van der Waals surface area contributed by atoms with Gasteiger partial charge in [0, 0.05) is 6.54 Å². The molecular formula is C19H16FN3O. The Balaban J connectivity index is 1.78. The maximum absolute atomic E-state index is 13.1. The van der Waals surface area contributed by atoms with Crippen LogP contribution in [-0.2, 0) is 11.3 Å². The van der Waals surface area contributed by atoms with Crippen molar-refractivity contribution in [3.63, 3.8) is 0 Å². The minimum Gasteiger partial charge on any atom is -0.358 e. The van der Waals surface area contributed by atoms with E-state index in [1.807, 2.05) is 6.07 Å². The van der Waals surface area contributed by atoms with Gasteiger partial charge >= 0.3 is 0 Å². The molecule has 120 valence electrons. The van der Waals surface area contributed by atoms with E-state index in [9.17, 15) is 14.4 Å². The van der Waals surface area contributed by atoms with E-state index < -0.39 is 0 Å². The van der Waals surface area contributed by atoms with Gasteiger partial charge in [0.2, 0.25) is 5.91 Å². The first-order valence-electron chi connectivity index (χ1n) is 8.04. The summed E-state index contributed by atoms with van der Waals surface area (Å²) in [6.45, 7) is 1.24. The molecule has 24 heavy (non-hydrogen) atoms. The van der Waals surface area contributed by atoms with Crippen LogP contribution in [0.25, 0.3) is 0 Å². The van der Waals surface area contributed by atoms with Crippen LogP contribution in [-0.4, -0.2) is 18.5 Å². The van der Waals surface area contributed by atoms with E-state index in [1.165, 1.54) is 12.1 Å². The summed E-state index contributed by atoms with van der Waals surface area (Å²) < 4.78 is 13.1. The lowest BCUT2D eigenvalue weighted by molar-refractivity contribution is -0.120. The third kappa shape index (κ3) is 2.31. The van der Waals surface area contributed by atoms with Crippen molar-refractivity contribution < 1.29 is 9.18 Å². The number of halogens is 1. The fourth-order valence-electron chi connectivity index (χ4n) is 3.60. The van der Waals surface area contributed by atoms with Gasteiger partial charge in [0.05, 0.1) is 29.6 Å². The van der Waals surface area contributed by atoms with Gasteiger partial charge in [-0.1, -0.05) is 12.1 Å². The molecule has 5 heteroatoms. The fraction of sp³-hybridized carbons (Fsp3) is 0.263. The number of nitrogens with zero attached hydrogens (tertiary/aromatic N) is 3. The normalized spacial score (nSPS) is 19.0. The Morgan fingerprint density at radius 1 is 1.17 bits per heavy atom. The van der Waals surface area contributed by atoms with E-state index in [0.717, 1.165) is 36.3 Å². The van der Waals surface area contributed by atoms with Crippen LogP contribution >= 0.6 is 0 Å². The number of carbonyl (C=O) groups is 1. The van der Waals surface area contributed by atoms with Gasteiger partial charge in [-0.15, -0.1) is 0 Å². The second-order valence-corrected chi connectivity index (χ2v) is 6.22. The summed E-state index contributed by atoms with van der Waals surface area (Å²) in [5.74, 6) is -0.239. The van der Waals surface area contributed by atoms with Crippen LogP contribution in [0.4, 0.5) is 15.8 Å². The number of carbonyl (C=O) groups excluding carboxylic acids is 1. The van der Waals surface area contributed by atoms with Crippen LogP contribution in [0, 0.1) is 17.1 Å². The third-order valence-electron chi connectivity index (χ3n) is 4.76. The second kappa shape index (κ2) is 5.64. The molecule has 0 aliphatic carbocycles. The summed E-state index contributed by atoms with van der Waals surface area (Å²) >= 11 is 0. The average Bonchev–Trinajstić information content (AvgIpc) is 3.10. The van der Waals surface area contributed by atoms with Crippen molar-refractivity contribution >= 4 is 17.3 Å². The molecule has 2 aromatic rings. The molecule has 0 spiro atoms. The lowest BCUT2D eigenvalue weighted by Gasteiger charge is -2.39. The first-order valence-corrected chi connectivity index (χ1v) is 8.04. The Morgan fingerprint density at radius 2 is 1.96 bits per heavy atom. The Bertz CT molecular complexity index is 841. The number of rotatable bonds is 2. The Kier molecular flexibility index (Phi) is 3.46. The zero-order valence-electron chi connectivity index (χ0n) is 13.1. The summed E-state index contributed by atoms with van der Waals surface area (Å²) in [4.78, 5) is 16.8. The number of amides is 1. The van der Waals surface area contributed by atoms with Crippen molar-refractivity contribution in [1.82, 2.24) is 0 Å². The molecule has 4 rings (SSSR count). The molecule has 1 amide bonds. The average molecular weight is 321 g/mol. The van der Waals surface area contributed by atoms with Crippen LogP contribution in [0.5, 0.6) is 0 Å². The zero-order valence-corrected chi connectivity index (χ0v) is 13.1. The predicted octanol–water partition coefficient (Wildman–Crippen LogP) is 3.21. The van der Waals surface area contributed by atoms with E-state index in [0.29, 0.717) is 12.1 Å². The van der Waals surface area contributed by atoms with Crippen LogP contribution in [0.15, 0.2) is 42.5 Å². The number of fused-ring (bicyclic) bond motifs is 3. The minimum absolute atomic E-state index is 0.0550. The number of hydrogen-bond acceptors (Lipinski definition) is 3. The summed E-state index contributed by atoms with van der Waals surface area (Å²) in [6.07, 6.45) is 1.83. The molecule has 2 heterocycles. The molecule has 0 saturated carbocycles. The van der Waals surface area contributed by atoms with Crippen molar-refractivity contribution in [3.8, 4) is 6.07 Å². The smallest absolute Gasteiger partial charge is 0.250 e. The minimum atomic E-state index is -0.294. The number of benzene rings is 2. The molecule has 0 unspecified atom stereocenters. The number of anilines is 2. The van der Waals surface area contributed by atoms with Gasteiger partial charge < -0.3 is 9.80 Å². The molecular weight excluding hydrogens is 305 g/mol. The molecule has 1 fully saturated rings. The van der Waals surface area contributed by atoms with Crippen molar-refractivity contribution in [2.24, 2.45) is 0 Å². The van der Waals surface area contributed by atoms with E-state index >= 15 is 0 Å². The molecule has 4 nitrogen and oxygen atoms in total. The highest BCUT2D eigenvalue weighted by Crippen LogP contribution is 2.41. The molecule has 2 aliphatic heterocycles. The Labute approximate surface area is 139 Å². The van der Waals surface area contributed by atoms with Crippen LogP contribution < -0.4 is 9.80 Å². The van der Waals surface area contributed by atoms with Crippen LogP contribution in [0.2, 0.25) is 0 Å². The molecule has 1 atom stereocenters. The van der Waals surface area contributed by atoms with Crippen molar-refractivity contribution in [1.29, 1.82) is 5.26 Å². The molecule has 2 aromatic carbocycles. The van der Waals surface area contributed by atoms with Crippen LogP contribution in [0.3, 0.4) is 0 Å². The lowest BCUT2D eigenvalue weighted by Crippen LogP contribution is -2.50. The van der Waals surface area contributed by atoms with Crippen LogP contribution in [0.1, 0.15) is 24.0 Å². The lowest BCUT2D eigenvalue weighted by atomic mass is 10.0. The SMILES string of the molecule is N#Cc1ccc2c(c1)N(Cc1ccc(F)cc1)C(=O)[C@@H]1CCCN21. The first-order chi connectivity index (χ1) is 11.7. The maximum atomic E-state index is 13.1. The highest BCUT2D eigenvalue weighted by atomic mass is 19.1. The van der Waals surface area contributed by atoms with Gasteiger partial charge in [0.1, 0.15) is 11.9 Å². The number of hydrogen-bond donors (Lipinski definition) is 0. The van der Waals surface area contributed by atoms with E-state index in [2.05, 4.69) is 11.0 Å². The molecule has 0 radical (unpaired) electrons. The van der Waals surface area contributed by atoms with Gasteiger partial charge in [0.25, 0.3) is 0 Å². The number of nitriles is 1. The van der Waals surface area contributed by atoms with Crippen molar-refractivity contribution in [2.75, 3.05) is 16.3 Å². The summed E-state index contributed by atoms with van der Waals surface area (Å²) in [6, 6.07) is 13.7. The standard InChI is InChI=1S/C19H16FN3O/c20-15-6-3-13(4-7-15)12-23-18-10-14(11-21)5-8-16(18)22-9-1-2-17(22)19(23)24/h3-8,10,17H,1-2,9,12H2/t17-/m0/s1. The molecule has 1 saturated heterocycles. The van der Waals surface area contributed by atoms with Gasteiger partial charge in [-0.25, -0.2) is 4.39 Å². The highest BCUT2D eigenvalue weighted by molar-refractivity contribution is 6.06. The second-order valence-electron chi connectivity index (χ2n) is 6.22. The quantitative estimate of drug-likeness (QED) is 0.853.